The summed E-state index contributed by atoms with van der Waals surface area (Å²) in [5.74, 6) is -0.216. The molecule has 1 nitrogen and oxygen atoms in total. The summed E-state index contributed by atoms with van der Waals surface area (Å²) in [6.45, 7) is 0. The standard InChI is InChI=1S/C33H22FN/c34-33-17-15-24(16-18-33)23-3-5-25(6-4-23)28-11-13-31-21-29(12-14-30(31)20-28)26-7-9-27(10-8-26)32-2-1-19-35-22-32/h1-22H. The van der Waals surface area contributed by atoms with E-state index in [1.54, 1.807) is 6.20 Å². The van der Waals surface area contributed by atoms with Gasteiger partial charge < -0.3 is 0 Å². The first-order chi connectivity index (χ1) is 17.2. The van der Waals surface area contributed by atoms with E-state index in [4.69, 9.17) is 0 Å². The van der Waals surface area contributed by atoms with Gasteiger partial charge in [-0.05, 0) is 85.6 Å². The van der Waals surface area contributed by atoms with Crippen LogP contribution in [0.4, 0.5) is 4.39 Å². The second-order valence-corrected chi connectivity index (χ2v) is 8.68. The predicted molar refractivity (Wildman–Crippen MR) is 143 cm³/mol. The fraction of sp³-hybridized carbons (Fsp3) is 0. The molecule has 0 aliphatic rings. The van der Waals surface area contributed by atoms with E-state index in [1.807, 2.05) is 24.4 Å². The molecule has 1 heterocycles. The summed E-state index contributed by atoms with van der Waals surface area (Å²) in [7, 11) is 0. The molecular weight excluding hydrogens is 429 g/mol. The fourth-order valence-electron chi connectivity index (χ4n) is 4.49. The minimum absolute atomic E-state index is 0.216. The van der Waals surface area contributed by atoms with Gasteiger partial charge in [0, 0.05) is 12.4 Å². The number of benzene rings is 5. The number of hydrogen-bond acceptors (Lipinski definition) is 1. The van der Waals surface area contributed by atoms with E-state index in [-0.39, 0.29) is 5.82 Å². The van der Waals surface area contributed by atoms with Crippen LogP contribution in [0.1, 0.15) is 0 Å². The number of halogens is 1. The molecule has 0 aliphatic carbocycles. The molecule has 2 heteroatoms. The zero-order chi connectivity index (χ0) is 23.6. The quantitative estimate of drug-likeness (QED) is 0.260. The molecule has 0 aliphatic heterocycles. The van der Waals surface area contributed by atoms with Gasteiger partial charge in [-0.1, -0.05) is 91.0 Å². The lowest BCUT2D eigenvalue weighted by Crippen LogP contribution is -1.84. The molecule has 0 fully saturated rings. The molecule has 6 aromatic rings. The number of hydrogen-bond donors (Lipinski definition) is 0. The van der Waals surface area contributed by atoms with Crippen molar-refractivity contribution in [1.29, 1.82) is 0 Å². The van der Waals surface area contributed by atoms with E-state index in [0.29, 0.717) is 0 Å². The van der Waals surface area contributed by atoms with Crippen LogP contribution in [0, 0.1) is 5.82 Å². The Morgan fingerprint density at radius 3 is 1.26 bits per heavy atom. The van der Waals surface area contributed by atoms with Gasteiger partial charge in [0.1, 0.15) is 5.82 Å². The zero-order valence-electron chi connectivity index (χ0n) is 19.0. The van der Waals surface area contributed by atoms with Gasteiger partial charge >= 0.3 is 0 Å². The molecule has 1 aromatic heterocycles. The number of fused-ring (bicyclic) bond motifs is 1. The van der Waals surface area contributed by atoms with Crippen molar-refractivity contribution in [3.05, 3.63) is 140 Å². The number of pyridine rings is 1. The highest BCUT2D eigenvalue weighted by Crippen LogP contribution is 2.31. The second kappa shape index (κ2) is 9.00. The van der Waals surface area contributed by atoms with Crippen molar-refractivity contribution in [3.8, 4) is 44.5 Å². The summed E-state index contributed by atoms with van der Waals surface area (Å²) in [6, 6.07) is 40.9. The highest BCUT2D eigenvalue weighted by Gasteiger charge is 2.05. The van der Waals surface area contributed by atoms with Gasteiger partial charge in [-0.2, -0.15) is 0 Å². The number of nitrogens with zero attached hydrogens (tertiary/aromatic N) is 1. The Hall–Kier alpha value is -4.56. The highest BCUT2D eigenvalue weighted by atomic mass is 19.1. The van der Waals surface area contributed by atoms with Crippen LogP contribution in [0.3, 0.4) is 0 Å². The Bertz CT molecular complexity index is 1600. The Balaban J connectivity index is 1.26. The molecule has 0 spiro atoms. The average molecular weight is 452 g/mol. The van der Waals surface area contributed by atoms with E-state index in [2.05, 4.69) is 96.0 Å². The normalized spacial score (nSPS) is 11.0. The van der Waals surface area contributed by atoms with Crippen LogP contribution in [0.15, 0.2) is 134 Å². The summed E-state index contributed by atoms with van der Waals surface area (Å²) in [6.07, 6.45) is 3.68. The van der Waals surface area contributed by atoms with Gasteiger partial charge in [0.05, 0.1) is 0 Å². The maximum atomic E-state index is 13.2. The van der Waals surface area contributed by atoms with E-state index >= 15 is 0 Å². The van der Waals surface area contributed by atoms with Crippen molar-refractivity contribution in [1.82, 2.24) is 4.98 Å². The van der Waals surface area contributed by atoms with Crippen molar-refractivity contribution in [2.75, 3.05) is 0 Å². The van der Waals surface area contributed by atoms with Crippen molar-refractivity contribution >= 4 is 10.8 Å². The van der Waals surface area contributed by atoms with Crippen molar-refractivity contribution < 1.29 is 4.39 Å². The lowest BCUT2D eigenvalue weighted by atomic mass is 9.96. The molecule has 6 rings (SSSR count). The molecule has 35 heavy (non-hydrogen) atoms. The molecule has 0 saturated carbocycles. The first-order valence-corrected chi connectivity index (χ1v) is 11.6. The summed E-state index contributed by atoms with van der Waals surface area (Å²) in [5, 5.41) is 2.42. The Morgan fingerprint density at radius 1 is 0.400 bits per heavy atom. The second-order valence-electron chi connectivity index (χ2n) is 8.68. The van der Waals surface area contributed by atoms with Crippen molar-refractivity contribution in [3.63, 3.8) is 0 Å². The van der Waals surface area contributed by atoms with Crippen LogP contribution in [0.5, 0.6) is 0 Å². The van der Waals surface area contributed by atoms with Crippen molar-refractivity contribution in [2.24, 2.45) is 0 Å². The molecule has 0 amide bonds. The summed E-state index contributed by atoms with van der Waals surface area (Å²) < 4.78 is 13.2. The van der Waals surface area contributed by atoms with Crippen LogP contribution in [-0.2, 0) is 0 Å². The largest absolute Gasteiger partial charge is 0.264 e. The maximum Gasteiger partial charge on any atom is 0.123 e. The molecule has 0 atom stereocenters. The minimum Gasteiger partial charge on any atom is -0.264 e. The lowest BCUT2D eigenvalue weighted by Gasteiger charge is -2.09. The smallest absolute Gasteiger partial charge is 0.123 e. The molecule has 0 unspecified atom stereocenters. The molecular formula is C33H22FN. The lowest BCUT2D eigenvalue weighted by molar-refractivity contribution is 0.628. The number of aromatic nitrogens is 1. The fourth-order valence-corrected chi connectivity index (χ4v) is 4.49. The van der Waals surface area contributed by atoms with Gasteiger partial charge in [0.2, 0.25) is 0 Å². The highest BCUT2D eigenvalue weighted by molar-refractivity contribution is 5.91. The Labute approximate surface area is 204 Å². The molecule has 0 N–H and O–H groups in total. The summed E-state index contributed by atoms with van der Waals surface area (Å²) in [4.78, 5) is 4.21. The van der Waals surface area contributed by atoms with E-state index in [9.17, 15) is 4.39 Å². The van der Waals surface area contributed by atoms with E-state index in [1.165, 1.54) is 39.6 Å². The maximum absolute atomic E-state index is 13.2. The predicted octanol–water partition coefficient (Wildman–Crippen LogP) is 9.04. The topological polar surface area (TPSA) is 12.9 Å². The van der Waals surface area contributed by atoms with Crippen molar-refractivity contribution in [2.45, 2.75) is 0 Å². The van der Waals surface area contributed by atoms with E-state index in [0.717, 1.165) is 27.8 Å². The summed E-state index contributed by atoms with van der Waals surface area (Å²) in [5.41, 5.74) is 9.11. The van der Waals surface area contributed by atoms with Gasteiger partial charge in [-0.3, -0.25) is 4.98 Å². The average Bonchev–Trinajstić information content (AvgIpc) is 2.94. The van der Waals surface area contributed by atoms with Gasteiger partial charge in [0.25, 0.3) is 0 Å². The first-order valence-electron chi connectivity index (χ1n) is 11.6. The zero-order valence-corrected chi connectivity index (χ0v) is 19.0. The Morgan fingerprint density at radius 2 is 0.800 bits per heavy atom. The SMILES string of the molecule is Fc1ccc(-c2ccc(-c3ccc4cc(-c5ccc(-c6cccnc6)cc5)ccc4c3)cc2)cc1. The molecule has 0 bridgehead atoms. The van der Waals surface area contributed by atoms with E-state index < -0.39 is 0 Å². The molecule has 5 aromatic carbocycles. The van der Waals surface area contributed by atoms with Crippen LogP contribution in [0.2, 0.25) is 0 Å². The molecule has 0 radical (unpaired) electrons. The van der Waals surface area contributed by atoms with Crippen LogP contribution in [0.25, 0.3) is 55.3 Å². The van der Waals surface area contributed by atoms with Gasteiger partial charge in [0.15, 0.2) is 0 Å². The van der Waals surface area contributed by atoms with Gasteiger partial charge in [-0.25, -0.2) is 4.39 Å². The van der Waals surface area contributed by atoms with Gasteiger partial charge in [-0.15, -0.1) is 0 Å². The third-order valence-electron chi connectivity index (χ3n) is 6.45. The molecule has 166 valence electrons. The summed E-state index contributed by atoms with van der Waals surface area (Å²) >= 11 is 0. The van der Waals surface area contributed by atoms with Crippen LogP contribution >= 0.6 is 0 Å². The molecule has 0 saturated heterocycles. The third-order valence-corrected chi connectivity index (χ3v) is 6.45. The van der Waals surface area contributed by atoms with Crippen LogP contribution < -0.4 is 0 Å². The third kappa shape index (κ3) is 4.34. The minimum atomic E-state index is -0.216. The Kier molecular flexibility index (Phi) is 5.40. The number of rotatable bonds is 4. The monoisotopic (exact) mass is 451 g/mol. The van der Waals surface area contributed by atoms with Crippen LogP contribution in [-0.4, -0.2) is 4.98 Å². The first kappa shape index (κ1) is 21.0.